The largest absolute Gasteiger partial charge is 0.504 e. The Labute approximate surface area is 138 Å². The first-order chi connectivity index (χ1) is 11.0. The van der Waals surface area contributed by atoms with Gasteiger partial charge in [0.2, 0.25) is 0 Å². The summed E-state index contributed by atoms with van der Waals surface area (Å²) < 4.78 is 5.20. The van der Waals surface area contributed by atoms with Gasteiger partial charge in [0.15, 0.2) is 11.5 Å². The molecule has 0 bridgehead atoms. The first-order valence-electron chi connectivity index (χ1n) is 7.75. The van der Waals surface area contributed by atoms with Crippen molar-refractivity contribution >= 4 is 11.6 Å². The number of hydrogen-bond donors (Lipinski definition) is 1. The molecular formula is C21H24O2. The highest BCUT2D eigenvalue weighted by atomic mass is 16.5. The van der Waals surface area contributed by atoms with E-state index in [9.17, 15) is 5.11 Å². The second kappa shape index (κ2) is 7.19. The summed E-state index contributed by atoms with van der Waals surface area (Å²) in [5, 5.41) is 12.1. The molecule has 0 radical (unpaired) electrons. The average Bonchev–Trinajstić information content (AvgIpc) is 2.55. The van der Waals surface area contributed by atoms with Crippen LogP contribution in [-0.4, -0.2) is 12.2 Å². The summed E-state index contributed by atoms with van der Waals surface area (Å²) >= 11 is 0. The molecule has 0 aliphatic heterocycles. The molecule has 1 N–H and O–H groups in total. The molecule has 0 fully saturated rings. The van der Waals surface area contributed by atoms with E-state index in [1.165, 1.54) is 16.7 Å². The standard InChI is InChI=1S/C21H24O2/c1-6-17(13-16-9-8-14(3)15(4)12-16)19-10-11-20(23-5)21(22)18(19)7-2/h6-12,22H,1,13H2,2-5H3/b18-7+,19-17+. The molecule has 0 heterocycles. The van der Waals surface area contributed by atoms with E-state index in [4.69, 9.17) is 4.74 Å². The van der Waals surface area contributed by atoms with Crippen LogP contribution in [0.5, 0.6) is 11.5 Å². The Balaban J connectivity index is 2.63. The van der Waals surface area contributed by atoms with Crippen molar-refractivity contribution in [1.29, 1.82) is 0 Å². The van der Waals surface area contributed by atoms with Gasteiger partial charge in [-0.25, -0.2) is 0 Å². The Morgan fingerprint density at radius 3 is 2.48 bits per heavy atom. The van der Waals surface area contributed by atoms with Gasteiger partial charge in [0.1, 0.15) is 0 Å². The zero-order valence-corrected chi connectivity index (χ0v) is 14.3. The topological polar surface area (TPSA) is 29.5 Å². The molecule has 0 saturated carbocycles. The third-order valence-corrected chi connectivity index (χ3v) is 4.25. The lowest BCUT2D eigenvalue weighted by Crippen LogP contribution is -2.27. The van der Waals surface area contributed by atoms with Crippen molar-refractivity contribution in [3.8, 4) is 11.5 Å². The SMILES string of the molecule is C=C/C(Cc1ccc(C)c(C)c1)=c1/ccc(OC)c(O)/c1=C/C. The maximum Gasteiger partial charge on any atom is 0.165 e. The number of phenols is 1. The van der Waals surface area contributed by atoms with Crippen molar-refractivity contribution in [2.45, 2.75) is 27.2 Å². The molecule has 0 spiro atoms. The Morgan fingerprint density at radius 1 is 1.17 bits per heavy atom. The number of phenolic OH excluding ortho intramolecular Hbond substituents is 1. The molecule has 2 rings (SSSR count). The first kappa shape index (κ1) is 16.9. The number of aryl methyl sites for hydroxylation is 2. The van der Waals surface area contributed by atoms with Crippen molar-refractivity contribution in [3.05, 3.63) is 70.1 Å². The van der Waals surface area contributed by atoms with E-state index in [-0.39, 0.29) is 5.75 Å². The van der Waals surface area contributed by atoms with E-state index in [1.54, 1.807) is 13.2 Å². The van der Waals surface area contributed by atoms with E-state index in [0.29, 0.717) is 5.75 Å². The van der Waals surface area contributed by atoms with E-state index >= 15 is 0 Å². The molecule has 0 aromatic heterocycles. The third kappa shape index (κ3) is 3.48. The van der Waals surface area contributed by atoms with Crippen LogP contribution in [-0.2, 0) is 6.42 Å². The molecule has 2 heteroatoms. The molecule has 0 unspecified atom stereocenters. The lowest BCUT2D eigenvalue weighted by Gasteiger charge is -2.09. The lowest BCUT2D eigenvalue weighted by molar-refractivity contribution is 0.371. The maximum atomic E-state index is 10.4. The highest BCUT2D eigenvalue weighted by Crippen LogP contribution is 2.19. The van der Waals surface area contributed by atoms with Gasteiger partial charge in [-0.05, 0) is 60.7 Å². The monoisotopic (exact) mass is 308 g/mol. The van der Waals surface area contributed by atoms with Crippen molar-refractivity contribution < 1.29 is 9.84 Å². The second-order valence-electron chi connectivity index (χ2n) is 5.69. The fraction of sp³-hybridized carbons (Fsp3) is 0.238. The first-order valence-corrected chi connectivity index (χ1v) is 7.75. The summed E-state index contributed by atoms with van der Waals surface area (Å²) in [5.41, 5.74) is 4.89. The van der Waals surface area contributed by atoms with E-state index in [1.807, 2.05) is 25.1 Å². The van der Waals surface area contributed by atoms with Crippen molar-refractivity contribution in [2.24, 2.45) is 0 Å². The van der Waals surface area contributed by atoms with Crippen molar-refractivity contribution in [1.82, 2.24) is 0 Å². The number of aromatic hydroxyl groups is 1. The van der Waals surface area contributed by atoms with Crippen LogP contribution in [0.15, 0.2) is 43.0 Å². The summed E-state index contributed by atoms with van der Waals surface area (Å²) in [6, 6.07) is 10.3. The number of methoxy groups -OCH3 is 1. The van der Waals surface area contributed by atoms with Crippen LogP contribution in [0.1, 0.15) is 23.6 Å². The van der Waals surface area contributed by atoms with Crippen LogP contribution in [0.4, 0.5) is 0 Å². The highest BCUT2D eigenvalue weighted by molar-refractivity contribution is 5.61. The normalized spacial score (nSPS) is 13.0. The highest BCUT2D eigenvalue weighted by Gasteiger charge is 2.06. The minimum Gasteiger partial charge on any atom is -0.504 e. The zero-order valence-electron chi connectivity index (χ0n) is 14.3. The zero-order chi connectivity index (χ0) is 17.0. The molecule has 0 aliphatic rings. The Morgan fingerprint density at radius 2 is 1.91 bits per heavy atom. The van der Waals surface area contributed by atoms with Crippen LogP contribution in [0.25, 0.3) is 11.6 Å². The summed E-state index contributed by atoms with van der Waals surface area (Å²) in [7, 11) is 1.56. The molecule has 120 valence electrons. The average molecular weight is 308 g/mol. The maximum absolute atomic E-state index is 10.4. The van der Waals surface area contributed by atoms with Crippen LogP contribution >= 0.6 is 0 Å². The van der Waals surface area contributed by atoms with Gasteiger partial charge in [0.05, 0.1) is 7.11 Å². The van der Waals surface area contributed by atoms with Gasteiger partial charge in [-0.2, -0.15) is 0 Å². The van der Waals surface area contributed by atoms with Crippen LogP contribution in [0.2, 0.25) is 0 Å². The van der Waals surface area contributed by atoms with Crippen molar-refractivity contribution in [3.63, 3.8) is 0 Å². The van der Waals surface area contributed by atoms with Gasteiger partial charge < -0.3 is 9.84 Å². The minimum atomic E-state index is 0.173. The molecule has 2 nitrogen and oxygen atoms in total. The van der Waals surface area contributed by atoms with E-state index in [0.717, 1.165) is 22.4 Å². The molecule has 0 amide bonds. The molecule has 0 atom stereocenters. The summed E-state index contributed by atoms with van der Waals surface area (Å²) in [6.07, 6.45) is 4.54. The van der Waals surface area contributed by atoms with E-state index in [2.05, 4.69) is 38.6 Å². The van der Waals surface area contributed by atoms with Gasteiger partial charge in [0.25, 0.3) is 0 Å². The number of rotatable bonds is 4. The predicted octanol–water partition coefficient (Wildman–Crippen LogP) is 3.40. The number of hydrogen-bond acceptors (Lipinski definition) is 2. The molecule has 0 aliphatic carbocycles. The van der Waals surface area contributed by atoms with Gasteiger partial charge in [-0.15, -0.1) is 0 Å². The second-order valence-corrected chi connectivity index (χ2v) is 5.69. The molecular weight excluding hydrogens is 284 g/mol. The quantitative estimate of drug-likeness (QED) is 0.938. The van der Waals surface area contributed by atoms with Crippen molar-refractivity contribution in [2.75, 3.05) is 7.11 Å². The number of allylic oxidation sites excluding steroid dienone is 1. The summed E-state index contributed by atoms with van der Waals surface area (Å²) in [6.45, 7) is 10.1. The van der Waals surface area contributed by atoms with Gasteiger partial charge in [-0.3, -0.25) is 0 Å². The van der Waals surface area contributed by atoms with Crippen LogP contribution in [0.3, 0.4) is 0 Å². The molecule has 23 heavy (non-hydrogen) atoms. The fourth-order valence-electron chi connectivity index (χ4n) is 2.74. The molecule has 0 saturated heterocycles. The number of ether oxygens (including phenoxy) is 1. The van der Waals surface area contributed by atoms with Gasteiger partial charge >= 0.3 is 0 Å². The summed E-state index contributed by atoms with van der Waals surface area (Å²) in [4.78, 5) is 0. The number of benzene rings is 2. The molecule has 2 aromatic rings. The third-order valence-electron chi connectivity index (χ3n) is 4.25. The smallest absolute Gasteiger partial charge is 0.165 e. The lowest BCUT2D eigenvalue weighted by atomic mass is 9.98. The van der Waals surface area contributed by atoms with Crippen LogP contribution in [0, 0.1) is 13.8 Å². The molecule has 2 aromatic carbocycles. The Bertz CT molecular complexity index is 845. The van der Waals surface area contributed by atoms with Crippen LogP contribution < -0.4 is 15.2 Å². The summed E-state index contributed by atoms with van der Waals surface area (Å²) in [5.74, 6) is 0.656. The minimum absolute atomic E-state index is 0.173. The predicted molar refractivity (Wildman–Crippen MR) is 97.3 cm³/mol. The Hall–Kier alpha value is -2.48. The Kier molecular flexibility index (Phi) is 5.28. The van der Waals surface area contributed by atoms with Gasteiger partial charge in [0, 0.05) is 5.22 Å². The van der Waals surface area contributed by atoms with E-state index < -0.39 is 0 Å². The fourth-order valence-corrected chi connectivity index (χ4v) is 2.74. The van der Waals surface area contributed by atoms with Gasteiger partial charge in [-0.1, -0.05) is 43.0 Å².